The van der Waals surface area contributed by atoms with Gasteiger partial charge in [0.1, 0.15) is 5.82 Å². The summed E-state index contributed by atoms with van der Waals surface area (Å²) in [5.41, 5.74) is 5.76. The summed E-state index contributed by atoms with van der Waals surface area (Å²) in [6, 6.07) is 4.10. The van der Waals surface area contributed by atoms with Crippen LogP contribution in [0.3, 0.4) is 0 Å². The molecular formula is C10H9ClFN. The molecule has 0 saturated carbocycles. The Bertz CT molecular complexity index is 352. The Morgan fingerprint density at radius 1 is 1.46 bits per heavy atom. The zero-order valence-electron chi connectivity index (χ0n) is 6.98. The van der Waals surface area contributed by atoms with Crippen LogP contribution in [0.2, 0.25) is 5.02 Å². The molecule has 1 rings (SSSR count). The minimum atomic E-state index is -0.332. The van der Waals surface area contributed by atoms with Crippen LogP contribution in [0, 0.1) is 17.7 Å². The molecule has 0 radical (unpaired) electrons. The van der Waals surface area contributed by atoms with Crippen LogP contribution in [0.4, 0.5) is 4.39 Å². The lowest BCUT2D eigenvalue weighted by atomic mass is 10.2. The van der Waals surface area contributed by atoms with E-state index < -0.39 is 0 Å². The Labute approximate surface area is 81.7 Å². The third kappa shape index (κ3) is 3.06. The van der Waals surface area contributed by atoms with E-state index in [1.165, 1.54) is 18.2 Å². The van der Waals surface area contributed by atoms with Crippen LogP contribution in [-0.2, 0) is 0 Å². The van der Waals surface area contributed by atoms with Crippen LogP contribution in [0.5, 0.6) is 0 Å². The lowest BCUT2D eigenvalue weighted by Crippen LogP contribution is -1.95. The normalized spacial score (nSPS) is 9.15. The van der Waals surface area contributed by atoms with Gasteiger partial charge in [0, 0.05) is 18.5 Å². The summed E-state index contributed by atoms with van der Waals surface area (Å²) in [5, 5.41) is 0.464. The summed E-state index contributed by atoms with van der Waals surface area (Å²) in [6.07, 6.45) is 0.590. The summed E-state index contributed by atoms with van der Waals surface area (Å²) in [7, 11) is 0. The third-order valence-corrected chi connectivity index (χ3v) is 1.75. The molecule has 1 aromatic carbocycles. The Kier molecular flexibility index (Phi) is 3.75. The summed E-state index contributed by atoms with van der Waals surface area (Å²) >= 11 is 5.77. The smallest absolute Gasteiger partial charge is 0.124 e. The van der Waals surface area contributed by atoms with E-state index in [4.69, 9.17) is 17.3 Å². The molecule has 0 aliphatic heterocycles. The number of benzene rings is 1. The standard InChI is InChI=1S/C10H9ClFN/c11-10-5-4-9(12)7-8(10)3-1-2-6-13/h4-5,7H,2,6,13H2. The summed E-state index contributed by atoms with van der Waals surface area (Å²) in [4.78, 5) is 0. The molecule has 0 fully saturated rings. The van der Waals surface area contributed by atoms with E-state index in [0.29, 0.717) is 23.6 Å². The van der Waals surface area contributed by atoms with Gasteiger partial charge in [0.15, 0.2) is 0 Å². The first-order chi connectivity index (χ1) is 6.24. The van der Waals surface area contributed by atoms with Crippen molar-refractivity contribution in [1.29, 1.82) is 0 Å². The van der Waals surface area contributed by atoms with Crippen LogP contribution in [0.25, 0.3) is 0 Å². The van der Waals surface area contributed by atoms with E-state index >= 15 is 0 Å². The number of halogens is 2. The maximum absolute atomic E-state index is 12.7. The van der Waals surface area contributed by atoms with Crippen molar-refractivity contribution in [3.05, 3.63) is 34.6 Å². The third-order valence-electron chi connectivity index (χ3n) is 1.42. The van der Waals surface area contributed by atoms with Crippen LogP contribution >= 0.6 is 11.6 Å². The summed E-state index contributed by atoms with van der Waals surface area (Å²) in [5.74, 6) is 5.21. The number of hydrogen-bond acceptors (Lipinski definition) is 1. The van der Waals surface area contributed by atoms with E-state index in [0.717, 1.165) is 0 Å². The molecule has 0 aromatic heterocycles. The molecule has 1 aromatic rings. The fourth-order valence-electron chi connectivity index (χ4n) is 0.823. The van der Waals surface area contributed by atoms with Crippen molar-refractivity contribution in [1.82, 2.24) is 0 Å². The quantitative estimate of drug-likeness (QED) is 0.687. The van der Waals surface area contributed by atoms with Crippen LogP contribution in [0.15, 0.2) is 18.2 Å². The van der Waals surface area contributed by atoms with Gasteiger partial charge in [0.2, 0.25) is 0 Å². The minimum Gasteiger partial charge on any atom is -0.330 e. The van der Waals surface area contributed by atoms with Crippen molar-refractivity contribution in [2.24, 2.45) is 5.73 Å². The largest absolute Gasteiger partial charge is 0.330 e. The molecule has 0 heterocycles. The predicted octanol–water partition coefficient (Wildman–Crippen LogP) is 2.18. The summed E-state index contributed by atoms with van der Waals surface area (Å²) < 4.78 is 12.7. The molecule has 3 heteroatoms. The minimum absolute atomic E-state index is 0.332. The molecule has 0 amide bonds. The first-order valence-corrected chi connectivity index (χ1v) is 4.26. The molecule has 68 valence electrons. The fraction of sp³-hybridized carbons (Fsp3) is 0.200. The van der Waals surface area contributed by atoms with Gasteiger partial charge in [-0.2, -0.15) is 0 Å². The van der Waals surface area contributed by atoms with Gasteiger partial charge in [-0.05, 0) is 18.2 Å². The van der Waals surface area contributed by atoms with Crippen LogP contribution < -0.4 is 5.73 Å². The Hall–Kier alpha value is -1.04. The lowest BCUT2D eigenvalue weighted by Gasteiger charge is -1.94. The van der Waals surface area contributed by atoms with E-state index in [1.54, 1.807) is 0 Å². The molecular weight excluding hydrogens is 189 g/mol. The van der Waals surface area contributed by atoms with Crippen LogP contribution in [0.1, 0.15) is 12.0 Å². The zero-order valence-corrected chi connectivity index (χ0v) is 7.74. The maximum Gasteiger partial charge on any atom is 0.124 e. The molecule has 0 atom stereocenters. The number of nitrogens with two attached hydrogens (primary N) is 1. The first-order valence-electron chi connectivity index (χ1n) is 3.88. The van der Waals surface area contributed by atoms with Crippen molar-refractivity contribution >= 4 is 11.6 Å². The average molecular weight is 198 g/mol. The van der Waals surface area contributed by atoms with Gasteiger partial charge in [-0.25, -0.2) is 4.39 Å². The Morgan fingerprint density at radius 2 is 2.23 bits per heavy atom. The molecule has 1 nitrogen and oxygen atoms in total. The van der Waals surface area contributed by atoms with E-state index in [2.05, 4.69) is 11.8 Å². The van der Waals surface area contributed by atoms with E-state index in [1.807, 2.05) is 0 Å². The molecule has 0 aliphatic carbocycles. The van der Waals surface area contributed by atoms with Gasteiger partial charge < -0.3 is 5.73 Å². The van der Waals surface area contributed by atoms with Crippen molar-refractivity contribution in [2.75, 3.05) is 6.54 Å². The van der Waals surface area contributed by atoms with Crippen molar-refractivity contribution in [3.8, 4) is 11.8 Å². The van der Waals surface area contributed by atoms with E-state index in [-0.39, 0.29) is 5.82 Å². The first kappa shape index (κ1) is 10.0. The second-order valence-corrected chi connectivity index (χ2v) is 2.87. The van der Waals surface area contributed by atoms with Gasteiger partial charge in [-0.15, -0.1) is 0 Å². The molecule has 0 unspecified atom stereocenters. The number of rotatable bonds is 1. The van der Waals surface area contributed by atoms with Crippen molar-refractivity contribution in [2.45, 2.75) is 6.42 Å². The van der Waals surface area contributed by atoms with Crippen molar-refractivity contribution < 1.29 is 4.39 Å². The van der Waals surface area contributed by atoms with Gasteiger partial charge >= 0.3 is 0 Å². The molecule has 13 heavy (non-hydrogen) atoms. The molecule has 0 saturated heterocycles. The highest BCUT2D eigenvalue weighted by Gasteiger charge is 1.97. The number of hydrogen-bond donors (Lipinski definition) is 1. The summed E-state index contributed by atoms with van der Waals surface area (Å²) in [6.45, 7) is 0.500. The highest BCUT2D eigenvalue weighted by Crippen LogP contribution is 2.15. The second kappa shape index (κ2) is 4.86. The maximum atomic E-state index is 12.7. The van der Waals surface area contributed by atoms with E-state index in [9.17, 15) is 4.39 Å². The monoisotopic (exact) mass is 197 g/mol. The SMILES string of the molecule is NCCC#Cc1cc(F)ccc1Cl. The Morgan fingerprint density at radius 3 is 2.92 bits per heavy atom. The fourth-order valence-corrected chi connectivity index (χ4v) is 0.988. The highest BCUT2D eigenvalue weighted by molar-refractivity contribution is 6.31. The van der Waals surface area contributed by atoms with Crippen molar-refractivity contribution in [3.63, 3.8) is 0 Å². The molecule has 0 bridgehead atoms. The van der Waals surface area contributed by atoms with Gasteiger partial charge in [0.05, 0.1) is 5.02 Å². The van der Waals surface area contributed by atoms with Gasteiger partial charge in [-0.1, -0.05) is 23.4 Å². The van der Waals surface area contributed by atoms with Crippen LogP contribution in [-0.4, -0.2) is 6.54 Å². The Balaban J connectivity index is 2.89. The highest BCUT2D eigenvalue weighted by atomic mass is 35.5. The topological polar surface area (TPSA) is 26.0 Å². The van der Waals surface area contributed by atoms with Gasteiger partial charge in [0.25, 0.3) is 0 Å². The predicted molar refractivity (Wildman–Crippen MR) is 52.0 cm³/mol. The molecule has 0 spiro atoms. The zero-order chi connectivity index (χ0) is 9.68. The lowest BCUT2D eigenvalue weighted by molar-refractivity contribution is 0.627. The van der Waals surface area contributed by atoms with Gasteiger partial charge in [-0.3, -0.25) is 0 Å². The molecule has 2 N–H and O–H groups in total. The average Bonchev–Trinajstić information content (AvgIpc) is 2.11. The molecule has 0 aliphatic rings. The second-order valence-electron chi connectivity index (χ2n) is 2.46.